The van der Waals surface area contributed by atoms with Crippen LogP contribution in [0.25, 0.3) is 0 Å². The molecule has 0 aromatic heterocycles. The van der Waals surface area contributed by atoms with Gasteiger partial charge in [-0.25, -0.2) is 10.3 Å². The molecule has 0 saturated carbocycles. The van der Waals surface area contributed by atoms with Crippen molar-refractivity contribution in [2.75, 3.05) is 13.2 Å². The molecule has 2 amide bonds. The molecular formula is C22H26N2O5. The van der Waals surface area contributed by atoms with Crippen molar-refractivity contribution in [3.63, 3.8) is 0 Å². The lowest BCUT2D eigenvalue weighted by Crippen LogP contribution is -2.38. The minimum atomic E-state index is -0.602. The number of carbonyl (C=O) groups is 2. The number of hydrogen-bond donors (Lipinski definition) is 1. The first-order valence-corrected chi connectivity index (χ1v) is 9.52. The number of hydrogen-bond acceptors (Lipinski definition) is 5. The maximum Gasteiger partial charge on any atom is 0.410 e. The zero-order valence-electron chi connectivity index (χ0n) is 16.9. The second kappa shape index (κ2) is 8.96. The molecule has 7 nitrogen and oxygen atoms in total. The molecule has 1 heterocycles. The third-order valence-corrected chi connectivity index (χ3v) is 4.24. The van der Waals surface area contributed by atoms with Gasteiger partial charge in [0.15, 0.2) is 0 Å². The van der Waals surface area contributed by atoms with Gasteiger partial charge < -0.3 is 14.4 Å². The molecule has 2 aromatic rings. The van der Waals surface area contributed by atoms with Gasteiger partial charge in [-0.3, -0.25) is 9.63 Å². The normalized spacial score (nSPS) is 13.7. The lowest BCUT2D eigenvalue weighted by Gasteiger charge is -2.26. The molecule has 0 bridgehead atoms. The third-order valence-electron chi connectivity index (χ3n) is 4.24. The van der Waals surface area contributed by atoms with E-state index in [1.807, 2.05) is 51.1 Å². The number of hydroxylamine groups is 1. The summed E-state index contributed by atoms with van der Waals surface area (Å²) in [4.78, 5) is 32.1. The summed E-state index contributed by atoms with van der Waals surface area (Å²) in [5.74, 6) is 0.180. The van der Waals surface area contributed by atoms with Gasteiger partial charge in [-0.15, -0.1) is 0 Å². The van der Waals surface area contributed by atoms with Crippen LogP contribution < -0.4 is 10.2 Å². The second-order valence-electron chi connectivity index (χ2n) is 7.74. The Morgan fingerprint density at radius 2 is 1.86 bits per heavy atom. The molecule has 1 aliphatic heterocycles. The van der Waals surface area contributed by atoms with E-state index in [-0.39, 0.29) is 13.2 Å². The standard InChI is InChI=1S/C22H26N2O5/c1-22(2,3)29-21(26)24-12-13-27-19-11-7-10-17(18(19)14-24)20(25)23-28-15-16-8-5-4-6-9-16/h4-11H,12-15H2,1-3H3,(H,23,25). The predicted molar refractivity (Wildman–Crippen MR) is 107 cm³/mol. The maximum absolute atomic E-state index is 12.7. The lowest BCUT2D eigenvalue weighted by molar-refractivity contribution is 0.0209. The van der Waals surface area contributed by atoms with E-state index >= 15 is 0 Å². The quantitative estimate of drug-likeness (QED) is 0.795. The van der Waals surface area contributed by atoms with E-state index < -0.39 is 17.6 Å². The summed E-state index contributed by atoms with van der Waals surface area (Å²) >= 11 is 0. The number of nitrogens with zero attached hydrogens (tertiary/aromatic N) is 1. The largest absolute Gasteiger partial charge is 0.491 e. The van der Waals surface area contributed by atoms with Gasteiger partial charge in [-0.2, -0.15) is 0 Å². The highest BCUT2D eigenvalue weighted by molar-refractivity contribution is 5.95. The van der Waals surface area contributed by atoms with E-state index in [1.54, 1.807) is 23.1 Å². The van der Waals surface area contributed by atoms with Gasteiger partial charge in [0.2, 0.25) is 0 Å². The topological polar surface area (TPSA) is 77.1 Å². The summed E-state index contributed by atoms with van der Waals surface area (Å²) in [5, 5.41) is 0. The highest BCUT2D eigenvalue weighted by atomic mass is 16.6. The van der Waals surface area contributed by atoms with E-state index in [2.05, 4.69) is 5.48 Å². The minimum Gasteiger partial charge on any atom is -0.491 e. The van der Waals surface area contributed by atoms with Crippen molar-refractivity contribution >= 4 is 12.0 Å². The van der Waals surface area contributed by atoms with Crippen molar-refractivity contribution in [2.24, 2.45) is 0 Å². The van der Waals surface area contributed by atoms with Crippen LogP contribution in [0.1, 0.15) is 42.3 Å². The van der Waals surface area contributed by atoms with Crippen LogP contribution in [0.4, 0.5) is 4.79 Å². The summed E-state index contributed by atoms with van der Waals surface area (Å²) < 4.78 is 11.2. The van der Waals surface area contributed by atoms with Gasteiger partial charge in [0.05, 0.1) is 25.3 Å². The number of nitrogens with one attached hydrogen (secondary N) is 1. The third kappa shape index (κ3) is 5.71. The van der Waals surface area contributed by atoms with Crippen LogP contribution in [-0.4, -0.2) is 35.7 Å². The molecule has 0 atom stereocenters. The van der Waals surface area contributed by atoms with Gasteiger partial charge in [-0.1, -0.05) is 36.4 Å². The fourth-order valence-corrected chi connectivity index (χ4v) is 2.91. The molecule has 0 fully saturated rings. The van der Waals surface area contributed by atoms with E-state index in [4.69, 9.17) is 14.3 Å². The fraction of sp³-hybridized carbons (Fsp3) is 0.364. The van der Waals surface area contributed by atoms with Crippen LogP contribution in [0.15, 0.2) is 48.5 Å². The molecule has 2 aromatic carbocycles. The minimum absolute atomic E-state index is 0.215. The van der Waals surface area contributed by atoms with E-state index in [0.717, 1.165) is 5.56 Å². The van der Waals surface area contributed by atoms with Crippen molar-refractivity contribution < 1.29 is 23.9 Å². The van der Waals surface area contributed by atoms with Crippen LogP contribution >= 0.6 is 0 Å². The zero-order valence-corrected chi connectivity index (χ0v) is 16.9. The SMILES string of the molecule is CC(C)(C)OC(=O)N1CCOc2cccc(C(=O)NOCc3ccccc3)c2C1. The molecule has 29 heavy (non-hydrogen) atoms. The fourth-order valence-electron chi connectivity index (χ4n) is 2.91. The molecule has 0 aliphatic carbocycles. The highest BCUT2D eigenvalue weighted by Gasteiger charge is 2.27. The van der Waals surface area contributed by atoms with Crippen molar-refractivity contribution in [3.8, 4) is 5.75 Å². The van der Waals surface area contributed by atoms with Gasteiger partial charge >= 0.3 is 6.09 Å². The molecule has 0 spiro atoms. The number of carbonyl (C=O) groups excluding carboxylic acids is 2. The number of rotatable bonds is 4. The number of amides is 2. The van der Waals surface area contributed by atoms with Crippen molar-refractivity contribution in [1.29, 1.82) is 0 Å². The summed E-state index contributed by atoms with van der Waals surface area (Å²) in [6, 6.07) is 14.8. The summed E-state index contributed by atoms with van der Waals surface area (Å²) in [6.07, 6.45) is -0.440. The first kappa shape index (κ1) is 20.7. The molecule has 3 rings (SSSR count). The Morgan fingerprint density at radius 1 is 1.10 bits per heavy atom. The lowest BCUT2D eigenvalue weighted by atomic mass is 10.1. The summed E-state index contributed by atoms with van der Waals surface area (Å²) in [7, 11) is 0. The second-order valence-corrected chi connectivity index (χ2v) is 7.74. The molecule has 0 saturated heterocycles. The number of benzene rings is 2. The smallest absolute Gasteiger partial charge is 0.410 e. The Labute approximate surface area is 170 Å². The first-order chi connectivity index (χ1) is 13.8. The first-order valence-electron chi connectivity index (χ1n) is 9.52. The number of ether oxygens (including phenoxy) is 2. The molecule has 154 valence electrons. The molecule has 1 aliphatic rings. The van der Waals surface area contributed by atoms with Crippen molar-refractivity contribution in [1.82, 2.24) is 10.4 Å². The van der Waals surface area contributed by atoms with E-state index in [9.17, 15) is 9.59 Å². The summed E-state index contributed by atoms with van der Waals surface area (Å²) in [6.45, 7) is 6.61. The van der Waals surface area contributed by atoms with Gasteiger partial charge in [0.1, 0.15) is 18.0 Å². The predicted octanol–water partition coefficient (Wildman–Crippen LogP) is 3.68. The van der Waals surface area contributed by atoms with Crippen molar-refractivity contribution in [2.45, 2.75) is 39.5 Å². The molecule has 1 N–H and O–H groups in total. The van der Waals surface area contributed by atoms with Crippen LogP contribution in [0, 0.1) is 0 Å². The maximum atomic E-state index is 12.7. The average molecular weight is 398 g/mol. The Kier molecular flexibility index (Phi) is 6.39. The van der Waals surface area contributed by atoms with Crippen molar-refractivity contribution in [3.05, 3.63) is 65.2 Å². The van der Waals surface area contributed by atoms with E-state index in [1.165, 1.54) is 0 Å². The number of fused-ring (bicyclic) bond motifs is 1. The van der Waals surface area contributed by atoms with E-state index in [0.29, 0.717) is 30.0 Å². The van der Waals surface area contributed by atoms with Gasteiger partial charge in [-0.05, 0) is 38.5 Å². The molecule has 0 radical (unpaired) electrons. The molecule has 7 heteroatoms. The van der Waals surface area contributed by atoms with Crippen LogP contribution in [0.2, 0.25) is 0 Å². The summed E-state index contributed by atoms with van der Waals surface area (Å²) in [5.41, 5.74) is 3.83. The highest BCUT2D eigenvalue weighted by Crippen LogP contribution is 2.27. The molecular weight excluding hydrogens is 372 g/mol. The van der Waals surface area contributed by atoms with Gasteiger partial charge in [0.25, 0.3) is 5.91 Å². The van der Waals surface area contributed by atoms with Gasteiger partial charge in [0, 0.05) is 5.56 Å². The van der Waals surface area contributed by atoms with Crippen LogP contribution in [0.3, 0.4) is 0 Å². The zero-order chi connectivity index (χ0) is 20.9. The Morgan fingerprint density at radius 3 is 2.59 bits per heavy atom. The van der Waals surface area contributed by atoms with Crippen LogP contribution in [-0.2, 0) is 22.7 Å². The Balaban J connectivity index is 1.71. The Bertz CT molecular complexity index is 861. The average Bonchev–Trinajstić information content (AvgIpc) is 2.90. The Hall–Kier alpha value is -3.06. The van der Waals surface area contributed by atoms with Crippen LogP contribution in [0.5, 0.6) is 5.75 Å². The molecule has 0 unspecified atom stereocenters. The monoisotopic (exact) mass is 398 g/mol.